The summed E-state index contributed by atoms with van der Waals surface area (Å²) < 4.78 is 0. The maximum atomic E-state index is 10.5. The van der Waals surface area contributed by atoms with E-state index >= 15 is 0 Å². The van der Waals surface area contributed by atoms with Crippen molar-refractivity contribution in [2.45, 2.75) is 245 Å². The molecule has 0 aliphatic rings. The van der Waals surface area contributed by atoms with E-state index in [0.29, 0.717) is 0 Å². The number of hydrogen-bond acceptors (Lipinski definition) is 3. The first kappa shape index (κ1) is 47.6. The average molecular weight is 721 g/mol. The van der Waals surface area contributed by atoms with E-state index in [-0.39, 0.29) is 17.7 Å². The van der Waals surface area contributed by atoms with E-state index in [1.165, 1.54) is 184 Å². The zero-order valence-electron chi connectivity index (χ0n) is 34.3. The Bertz CT molecular complexity index is 866. The Kier molecular flexibility index (Phi) is 28.5. The van der Waals surface area contributed by atoms with Crippen LogP contribution in [0.4, 0.5) is 0 Å². The van der Waals surface area contributed by atoms with Gasteiger partial charge in [0.2, 0.25) is 0 Å². The molecular weight excluding hydrogens is 631 g/mol. The van der Waals surface area contributed by atoms with Gasteiger partial charge in [-0.2, -0.15) is 0 Å². The summed E-state index contributed by atoms with van der Waals surface area (Å²) in [6, 6.07) is 9.28. The second kappa shape index (κ2) is 29.9. The normalized spacial score (nSPS) is 13.1. The summed E-state index contributed by atoms with van der Waals surface area (Å²) in [4.78, 5) is 31.6. The van der Waals surface area contributed by atoms with Gasteiger partial charge >= 0.3 is 176 Å². The van der Waals surface area contributed by atoms with Crippen molar-refractivity contribution in [3.05, 3.63) is 35.4 Å². The predicted octanol–water partition coefficient (Wildman–Crippen LogP) is 15.3. The molecule has 0 spiro atoms. The van der Waals surface area contributed by atoms with Crippen molar-refractivity contribution in [3.63, 3.8) is 0 Å². The van der Waals surface area contributed by atoms with Gasteiger partial charge in [-0.15, -0.1) is 0 Å². The van der Waals surface area contributed by atoms with Gasteiger partial charge in [-0.25, -0.2) is 0 Å². The molecule has 4 heteroatoms. The van der Waals surface area contributed by atoms with Crippen LogP contribution in [-0.2, 0) is 11.8 Å². The van der Waals surface area contributed by atoms with E-state index < -0.39 is 7.28 Å². The van der Waals surface area contributed by atoms with Crippen LogP contribution in [0.2, 0.25) is 0 Å². The van der Waals surface area contributed by atoms with E-state index in [1.54, 1.807) is 0 Å². The molecule has 1 rings (SSSR count). The second-order valence-corrected chi connectivity index (χ2v) is 21.0. The fraction of sp³-hybridized carbons (Fsp3) is 0.870. The van der Waals surface area contributed by atoms with Crippen LogP contribution in [-0.4, -0.2) is 27.0 Å². The van der Waals surface area contributed by atoms with E-state index in [1.807, 2.05) is 0 Å². The minimum atomic E-state index is -4.41. The molecule has 0 fully saturated rings. The Hall–Kier alpha value is -0.470. The van der Waals surface area contributed by atoms with Gasteiger partial charge in [0.15, 0.2) is 0 Å². The summed E-state index contributed by atoms with van der Waals surface area (Å²) in [6.45, 7) is 9.13. The molecule has 0 radical (unpaired) electrons. The summed E-state index contributed by atoms with van der Waals surface area (Å²) in [5.74, 6) is 0. The van der Waals surface area contributed by atoms with Gasteiger partial charge in [-0.3, -0.25) is 0 Å². The van der Waals surface area contributed by atoms with Crippen molar-refractivity contribution in [3.8, 4) is 0 Å². The Morgan fingerprint density at radius 1 is 0.380 bits per heavy atom. The van der Waals surface area contributed by atoms with E-state index in [0.717, 1.165) is 38.5 Å². The summed E-state index contributed by atoms with van der Waals surface area (Å²) in [5.41, 5.74) is 3.17. The Balaban J connectivity index is 1.81. The molecule has 0 unspecified atom stereocenters. The first-order valence-electron chi connectivity index (χ1n) is 22.4. The van der Waals surface area contributed by atoms with Crippen LogP contribution < -0.4 is 0 Å². The van der Waals surface area contributed by atoms with E-state index in [4.69, 9.17) is 0 Å². The number of hydrogen-bond donors (Lipinski definition) is 3. The minimum Gasteiger partial charge on any atom is -0.0588 e. The molecule has 296 valence electrons. The Morgan fingerprint density at radius 2 is 0.640 bits per heavy atom. The van der Waals surface area contributed by atoms with Crippen LogP contribution in [0.3, 0.4) is 0 Å². The van der Waals surface area contributed by atoms with Gasteiger partial charge in [-0.1, -0.05) is 110 Å². The van der Waals surface area contributed by atoms with Gasteiger partial charge in [0.05, 0.1) is 0 Å². The second-order valence-electron chi connectivity index (χ2n) is 17.4. The summed E-state index contributed by atoms with van der Waals surface area (Å²) >= 11 is 0. The predicted molar refractivity (Wildman–Crippen MR) is 226 cm³/mol. The van der Waals surface area contributed by atoms with Crippen molar-refractivity contribution in [2.24, 2.45) is 0 Å². The monoisotopic (exact) mass is 721 g/mol. The zero-order valence-corrected chi connectivity index (χ0v) is 35.2. The molecule has 0 aromatic heterocycles. The third-order valence-electron chi connectivity index (χ3n) is 11.1. The number of benzene rings is 1. The number of rotatable bonds is 36. The molecule has 0 amide bonds. The molecule has 0 aliphatic heterocycles. The number of aryl methyl sites for hydroxylation is 1. The topological polar surface area (TPSA) is 60.7 Å². The first-order valence-corrected chi connectivity index (χ1v) is 24.8. The molecular formula is C46H89O3P. The zero-order chi connectivity index (χ0) is 36.7. The molecule has 50 heavy (non-hydrogen) atoms. The van der Waals surface area contributed by atoms with Crippen LogP contribution in [0.1, 0.15) is 244 Å². The standard InChI is InChI=1S/C46H89O3P/c1-5-6-7-8-9-10-11-12-13-17-20-23-26-29-32-35-42-50(47,48,49)43-36-33-30-27-24-21-18-15-14-16-19-22-25-28-31-34-37-44-38-40-45(41-39-44)46(2,3)4/h38-41,47-49H,5-37,42-43H2,1-4H3. The van der Waals surface area contributed by atoms with E-state index in [2.05, 4.69) is 52.0 Å². The van der Waals surface area contributed by atoms with Gasteiger partial charge in [0.25, 0.3) is 0 Å². The van der Waals surface area contributed by atoms with Crippen molar-refractivity contribution in [2.75, 3.05) is 12.3 Å². The van der Waals surface area contributed by atoms with Gasteiger partial charge in [0.1, 0.15) is 0 Å². The molecule has 0 heterocycles. The van der Waals surface area contributed by atoms with Crippen LogP contribution >= 0.6 is 7.28 Å². The molecule has 0 saturated heterocycles. The Labute approximate surface area is 313 Å². The van der Waals surface area contributed by atoms with Crippen LogP contribution in [0.25, 0.3) is 0 Å². The van der Waals surface area contributed by atoms with Crippen molar-refractivity contribution in [1.82, 2.24) is 0 Å². The molecule has 0 saturated carbocycles. The minimum absolute atomic E-state index is 0.205. The van der Waals surface area contributed by atoms with Crippen LogP contribution in [0.5, 0.6) is 0 Å². The van der Waals surface area contributed by atoms with Gasteiger partial charge in [-0.05, 0) is 29.4 Å². The van der Waals surface area contributed by atoms with Crippen molar-refractivity contribution >= 4 is 7.28 Å². The maximum absolute atomic E-state index is 10.5. The van der Waals surface area contributed by atoms with Gasteiger partial charge in [0, 0.05) is 0 Å². The van der Waals surface area contributed by atoms with E-state index in [9.17, 15) is 14.7 Å². The average Bonchev–Trinajstić information content (AvgIpc) is 3.07. The van der Waals surface area contributed by atoms with Crippen molar-refractivity contribution in [1.29, 1.82) is 0 Å². The Morgan fingerprint density at radius 3 is 0.920 bits per heavy atom. The molecule has 3 N–H and O–H groups in total. The van der Waals surface area contributed by atoms with Crippen LogP contribution in [0.15, 0.2) is 24.3 Å². The SMILES string of the molecule is CCCCCCCCCCCCCCCCCCP(O)(O)(O)CCCCCCCCCCCCCCCCCCc1ccc(C(C)(C)C)cc1. The third kappa shape index (κ3) is 30.0. The van der Waals surface area contributed by atoms with Crippen molar-refractivity contribution < 1.29 is 14.7 Å². The summed E-state index contributed by atoms with van der Waals surface area (Å²) in [5, 5.41) is 0. The first-order chi connectivity index (χ1) is 24.0. The fourth-order valence-electron chi connectivity index (χ4n) is 7.51. The molecule has 1 aromatic carbocycles. The number of unbranched alkanes of at least 4 members (excludes halogenated alkanes) is 30. The summed E-state index contributed by atoms with van der Waals surface area (Å²) in [7, 11) is -4.41. The smallest absolute Gasteiger partial charge is 0.0588 e. The molecule has 0 atom stereocenters. The van der Waals surface area contributed by atoms with Crippen LogP contribution in [0, 0.1) is 0 Å². The third-order valence-corrected chi connectivity index (χ3v) is 13.6. The quantitative estimate of drug-likeness (QED) is 0.0478. The summed E-state index contributed by atoms with van der Waals surface area (Å²) in [6.07, 6.45) is 43.0. The van der Waals surface area contributed by atoms with Gasteiger partial charge < -0.3 is 0 Å². The molecule has 1 aromatic rings. The molecule has 0 bridgehead atoms. The molecule has 0 aliphatic carbocycles. The molecule has 3 nitrogen and oxygen atoms in total. The fourth-order valence-corrected chi connectivity index (χ4v) is 9.47.